The fraction of sp³-hybridized carbons (Fsp3) is 0.320. The van der Waals surface area contributed by atoms with Gasteiger partial charge in [0, 0.05) is 30.9 Å². The van der Waals surface area contributed by atoms with Gasteiger partial charge in [0.25, 0.3) is 0 Å². The Morgan fingerprint density at radius 3 is 2.42 bits per heavy atom. The standard InChI is InChI=1S/C25H28ClN7/c1-3-31-10-7-21(29-31)23-14-24-22(5-6-25(28)33(24)17(2)27)32(23)16-19-11-18(12-20(26)13-19)15-30-8-4-9-30/h5-7,10-14,27-28H,3-4,8-9,15-16H2,1-2H3. The van der Waals surface area contributed by atoms with Crippen molar-refractivity contribution in [1.82, 2.24) is 23.8 Å². The summed E-state index contributed by atoms with van der Waals surface area (Å²) in [5, 5.41) is 22.1. The van der Waals surface area contributed by atoms with Gasteiger partial charge in [-0.1, -0.05) is 17.7 Å². The lowest BCUT2D eigenvalue weighted by molar-refractivity contribution is 0.172. The normalized spacial score (nSPS) is 14.0. The number of hydrogen-bond donors (Lipinski definition) is 2. The van der Waals surface area contributed by atoms with E-state index < -0.39 is 0 Å². The SMILES string of the molecule is CCn1ccc(-c2cc3c(ccc(=N)n3C(C)=N)n2Cc2cc(Cl)cc(CN3CCC3)c2)n1. The van der Waals surface area contributed by atoms with Gasteiger partial charge in [-0.05, 0) is 80.9 Å². The van der Waals surface area contributed by atoms with Crippen LogP contribution in [0.15, 0.2) is 48.7 Å². The number of rotatable bonds is 6. The summed E-state index contributed by atoms with van der Waals surface area (Å²) >= 11 is 6.52. The second-order valence-electron chi connectivity index (χ2n) is 8.68. The van der Waals surface area contributed by atoms with E-state index in [9.17, 15) is 0 Å². The Labute approximate surface area is 197 Å². The Hall–Kier alpha value is -3.16. The fourth-order valence-electron chi connectivity index (χ4n) is 4.56. The maximum atomic E-state index is 8.34. The molecular weight excluding hydrogens is 434 g/mol. The number of nitrogens with zero attached hydrogens (tertiary/aromatic N) is 5. The predicted molar refractivity (Wildman–Crippen MR) is 132 cm³/mol. The molecule has 0 unspecified atom stereocenters. The highest BCUT2D eigenvalue weighted by atomic mass is 35.5. The molecule has 1 aliphatic heterocycles. The third-order valence-electron chi connectivity index (χ3n) is 6.27. The molecule has 1 fully saturated rings. The van der Waals surface area contributed by atoms with Gasteiger partial charge in [-0.2, -0.15) is 5.10 Å². The Morgan fingerprint density at radius 1 is 1.03 bits per heavy atom. The topological polar surface area (TPSA) is 78.6 Å². The highest BCUT2D eigenvalue weighted by Gasteiger charge is 2.18. The lowest BCUT2D eigenvalue weighted by Gasteiger charge is -2.30. The molecule has 1 saturated heterocycles. The lowest BCUT2D eigenvalue weighted by atomic mass is 10.1. The van der Waals surface area contributed by atoms with Crippen molar-refractivity contribution in [2.24, 2.45) is 0 Å². The number of pyridine rings is 1. The number of aromatic nitrogens is 4. The molecule has 0 radical (unpaired) electrons. The first-order chi connectivity index (χ1) is 15.9. The number of benzene rings is 1. The van der Waals surface area contributed by atoms with Crippen molar-refractivity contribution in [3.05, 3.63) is 70.3 Å². The van der Waals surface area contributed by atoms with Crippen molar-refractivity contribution in [3.63, 3.8) is 0 Å². The number of nitrogens with one attached hydrogen (secondary N) is 2. The van der Waals surface area contributed by atoms with E-state index >= 15 is 0 Å². The Morgan fingerprint density at radius 2 is 1.79 bits per heavy atom. The van der Waals surface area contributed by atoms with E-state index in [-0.39, 0.29) is 5.49 Å². The highest BCUT2D eigenvalue weighted by molar-refractivity contribution is 6.30. The van der Waals surface area contributed by atoms with Gasteiger partial charge in [0.1, 0.15) is 17.0 Å². The second-order valence-corrected chi connectivity index (χ2v) is 9.12. The molecule has 0 atom stereocenters. The van der Waals surface area contributed by atoms with Crippen molar-refractivity contribution in [1.29, 1.82) is 10.8 Å². The molecule has 3 aromatic heterocycles. The molecule has 7 nitrogen and oxygen atoms in total. The smallest absolute Gasteiger partial charge is 0.130 e. The second kappa shape index (κ2) is 8.65. The van der Waals surface area contributed by atoms with Crippen molar-refractivity contribution < 1.29 is 0 Å². The van der Waals surface area contributed by atoms with Crippen molar-refractivity contribution in [2.75, 3.05) is 13.1 Å². The first-order valence-corrected chi connectivity index (χ1v) is 11.7. The van der Waals surface area contributed by atoms with Crippen LogP contribution in [0.2, 0.25) is 5.02 Å². The summed E-state index contributed by atoms with van der Waals surface area (Å²) in [4.78, 5) is 2.43. The molecule has 1 aliphatic rings. The highest BCUT2D eigenvalue weighted by Crippen LogP contribution is 2.29. The minimum absolute atomic E-state index is 0.289. The Bertz CT molecular complexity index is 1400. The lowest BCUT2D eigenvalue weighted by Crippen LogP contribution is -2.36. The van der Waals surface area contributed by atoms with Gasteiger partial charge >= 0.3 is 0 Å². The van der Waals surface area contributed by atoms with Gasteiger partial charge in [0.2, 0.25) is 0 Å². The minimum Gasteiger partial charge on any atom is -0.333 e. The van der Waals surface area contributed by atoms with E-state index in [0.29, 0.717) is 12.4 Å². The quantitative estimate of drug-likeness (QED) is 0.326. The molecule has 4 heterocycles. The molecule has 1 aromatic carbocycles. The van der Waals surface area contributed by atoms with Crippen molar-refractivity contribution in [2.45, 2.75) is 39.9 Å². The number of halogens is 1. The maximum absolute atomic E-state index is 8.34. The average molecular weight is 462 g/mol. The van der Waals surface area contributed by atoms with Gasteiger partial charge in [0.15, 0.2) is 0 Å². The largest absolute Gasteiger partial charge is 0.333 e. The minimum atomic E-state index is 0.289. The van der Waals surface area contributed by atoms with E-state index in [1.54, 1.807) is 17.6 Å². The first kappa shape index (κ1) is 21.7. The van der Waals surface area contributed by atoms with E-state index in [2.05, 4.69) is 28.5 Å². The van der Waals surface area contributed by atoms with Crippen LogP contribution in [0.5, 0.6) is 0 Å². The molecule has 0 amide bonds. The monoisotopic (exact) mass is 461 g/mol. The summed E-state index contributed by atoms with van der Waals surface area (Å²) in [6, 6.07) is 14.1. The molecule has 8 heteroatoms. The van der Waals surface area contributed by atoms with Gasteiger partial charge in [-0.15, -0.1) is 0 Å². The third-order valence-corrected chi connectivity index (χ3v) is 6.49. The average Bonchev–Trinajstić information content (AvgIpc) is 3.35. The molecular formula is C25H28ClN7. The summed E-state index contributed by atoms with van der Waals surface area (Å²) in [7, 11) is 0. The summed E-state index contributed by atoms with van der Waals surface area (Å²) in [6.07, 6.45) is 3.24. The molecule has 2 N–H and O–H groups in total. The molecule has 4 aromatic rings. The number of aryl methyl sites for hydroxylation is 1. The van der Waals surface area contributed by atoms with Gasteiger partial charge < -0.3 is 4.57 Å². The van der Waals surface area contributed by atoms with E-state index in [1.807, 2.05) is 35.1 Å². The van der Waals surface area contributed by atoms with Crippen LogP contribution in [-0.2, 0) is 19.6 Å². The zero-order valence-electron chi connectivity index (χ0n) is 19.0. The maximum Gasteiger partial charge on any atom is 0.130 e. The Kier molecular flexibility index (Phi) is 5.68. The summed E-state index contributed by atoms with van der Waals surface area (Å²) in [6.45, 7) is 8.41. The zero-order chi connectivity index (χ0) is 23.1. The number of fused-ring (bicyclic) bond motifs is 1. The van der Waals surface area contributed by atoms with Crippen LogP contribution in [0.25, 0.3) is 22.4 Å². The molecule has 170 valence electrons. The third kappa shape index (κ3) is 4.14. The van der Waals surface area contributed by atoms with Gasteiger partial charge in [-0.3, -0.25) is 25.0 Å². The fourth-order valence-corrected chi connectivity index (χ4v) is 4.85. The van der Waals surface area contributed by atoms with Crippen molar-refractivity contribution in [3.8, 4) is 11.4 Å². The summed E-state index contributed by atoms with van der Waals surface area (Å²) in [5.74, 6) is 0.313. The van der Waals surface area contributed by atoms with Crippen LogP contribution >= 0.6 is 11.6 Å². The molecule has 5 rings (SSSR count). The number of hydrogen-bond acceptors (Lipinski definition) is 4. The molecule has 0 bridgehead atoms. The summed E-state index contributed by atoms with van der Waals surface area (Å²) in [5.41, 5.74) is 6.27. The van der Waals surface area contributed by atoms with Crippen LogP contribution in [0, 0.1) is 10.8 Å². The van der Waals surface area contributed by atoms with Crippen LogP contribution in [0.3, 0.4) is 0 Å². The van der Waals surface area contributed by atoms with Crippen LogP contribution in [-0.4, -0.2) is 42.7 Å². The van der Waals surface area contributed by atoms with Gasteiger partial charge in [0.05, 0.1) is 16.7 Å². The van der Waals surface area contributed by atoms with E-state index in [1.165, 1.54) is 12.0 Å². The Balaban J connectivity index is 1.65. The first-order valence-electron chi connectivity index (χ1n) is 11.3. The van der Waals surface area contributed by atoms with E-state index in [4.69, 9.17) is 27.5 Å². The number of likely N-dealkylation sites (tertiary alicyclic amines) is 1. The molecule has 0 saturated carbocycles. The zero-order valence-corrected chi connectivity index (χ0v) is 19.7. The predicted octanol–water partition coefficient (Wildman–Crippen LogP) is 4.56. The van der Waals surface area contributed by atoms with Crippen molar-refractivity contribution >= 4 is 28.5 Å². The molecule has 33 heavy (non-hydrogen) atoms. The van der Waals surface area contributed by atoms with Crippen LogP contribution < -0.4 is 5.49 Å². The summed E-state index contributed by atoms with van der Waals surface area (Å²) < 4.78 is 5.79. The molecule has 0 aliphatic carbocycles. The van der Waals surface area contributed by atoms with Gasteiger partial charge in [-0.25, -0.2) is 0 Å². The van der Waals surface area contributed by atoms with Crippen LogP contribution in [0.1, 0.15) is 31.4 Å². The van der Waals surface area contributed by atoms with E-state index in [0.717, 1.165) is 59.2 Å². The van der Waals surface area contributed by atoms with Crippen LogP contribution in [0.4, 0.5) is 0 Å². The molecule has 0 spiro atoms.